The Bertz CT molecular complexity index is 932. The van der Waals surface area contributed by atoms with E-state index in [-0.39, 0.29) is 23.4 Å². The molecule has 5 atom stereocenters. The third kappa shape index (κ3) is 3.31. The van der Waals surface area contributed by atoms with Crippen LogP contribution in [-0.4, -0.2) is 30.1 Å². The summed E-state index contributed by atoms with van der Waals surface area (Å²) in [4.78, 5) is 16.0. The summed E-state index contributed by atoms with van der Waals surface area (Å²) in [5.41, 5.74) is 4.25. The zero-order valence-electron chi connectivity index (χ0n) is 17.5. The maximum absolute atomic E-state index is 12.7. The SMILES string of the molecule is C=C1CCC[C@@]2(C)C[C@H]3OC(=O)[C@@H](C[NH2+]CCc4c[nH]c5ccccc45)[C@@H]3C[C@@H]12. The van der Waals surface area contributed by atoms with Gasteiger partial charge in [0, 0.05) is 29.4 Å². The maximum Gasteiger partial charge on any atom is 0.315 e. The van der Waals surface area contributed by atoms with Gasteiger partial charge in [0.2, 0.25) is 0 Å². The van der Waals surface area contributed by atoms with E-state index in [1.165, 1.54) is 34.9 Å². The first kappa shape index (κ1) is 18.9. The number of carbonyl (C=O) groups is 1. The first-order valence-electron chi connectivity index (χ1n) is 11.3. The van der Waals surface area contributed by atoms with Crippen LogP contribution in [-0.2, 0) is 16.0 Å². The number of carbonyl (C=O) groups excluding carboxylic acids is 1. The minimum absolute atomic E-state index is 0.0382. The number of nitrogens with two attached hydrogens (primary N) is 1. The summed E-state index contributed by atoms with van der Waals surface area (Å²) < 4.78 is 5.89. The fourth-order valence-corrected chi connectivity index (χ4v) is 6.42. The highest BCUT2D eigenvalue weighted by molar-refractivity contribution is 5.83. The molecule has 4 nitrogen and oxygen atoms in total. The van der Waals surface area contributed by atoms with E-state index in [0.717, 1.165) is 38.8 Å². The molecule has 0 bridgehead atoms. The topological polar surface area (TPSA) is 58.7 Å². The summed E-state index contributed by atoms with van der Waals surface area (Å²) in [5.74, 6) is 1.03. The predicted molar refractivity (Wildman–Crippen MR) is 114 cm³/mol. The Morgan fingerprint density at radius 1 is 1.34 bits per heavy atom. The largest absolute Gasteiger partial charge is 0.462 e. The maximum atomic E-state index is 12.7. The third-order valence-electron chi connectivity index (χ3n) is 8.03. The number of esters is 1. The van der Waals surface area contributed by atoms with Gasteiger partial charge in [-0.1, -0.05) is 37.3 Å². The zero-order chi connectivity index (χ0) is 20.0. The summed E-state index contributed by atoms with van der Waals surface area (Å²) in [7, 11) is 0. The number of aromatic nitrogens is 1. The average molecular weight is 394 g/mol. The van der Waals surface area contributed by atoms with Crippen LogP contribution in [0.3, 0.4) is 0 Å². The van der Waals surface area contributed by atoms with Crippen LogP contribution in [0.1, 0.15) is 44.6 Å². The molecule has 3 fully saturated rings. The quantitative estimate of drug-likeness (QED) is 0.463. The van der Waals surface area contributed by atoms with E-state index in [1.54, 1.807) is 0 Å². The number of ether oxygens (including phenoxy) is 1. The van der Waals surface area contributed by atoms with Crippen molar-refractivity contribution in [3.8, 4) is 0 Å². The highest BCUT2D eigenvalue weighted by Gasteiger charge is 2.55. The van der Waals surface area contributed by atoms with E-state index in [2.05, 4.69) is 54.3 Å². The molecule has 1 saturated heterocycles. The van der Waals surface area contributed by atoms with E-state index in [1.807, 2.05) is 0 Å². The molecule has 0 amide bonds. The van der Waals surface area contributed by atoms with E-state index < -0.39 is 0 Å². The molecule has 2 aliphatic carbocycles. The van der Waals surface area contributed by atoms with Crippen molar-refractivity contribution >= 4 is 16.9 Å². The lowest BCUT2D eigenvalue weighted by Gasteiger charge is -2.49. The lowest BCUT2D eigenvalue weighted by atomic mass is 9.55. The van der Waals surface area contributed by atoms with Crippen LogP contribution in [0.15, 0.2) is 42.6 Å². The highest BCUT2D eigenvalue weighted by Crippen LogP contribution is 2.56. The summed E-state index contributed by atoms with van der Waals surface area (Å²) in [6.07, 6.45) is 9.02. The van der Waals surface area contributed by atoms with Gasteiger partial charge in [-0.2, -0.15) is 0 Å². The number of nitrogens with one attached hydrogen (secondary N) is 1. The molecule has 1 aromatic carbocycles. The second-order valence-corrected chi connectivity index (χ2v) is 9.83. The number of allylic oxidation sites excluding steroid dienone is 1. The standard InChI is InChI=1S/C25H32N2O2/c1-16-6-5-10-25(2)13-23-19(12-21(16)25)20(24(28)29-23)15-26-11-9-17-14-27-22-8-4-3-7-18(17)22/h3-4,7-8,14,19-21,23,26-27H,1,5-6,9-13,15H2,2H3/p+1/t19-,20-,21-,23+,25-/m0/s1. The van der Waals surface area contributed by atoms with Gasteiger partial charge in [-0.15, -0.1) is 0 Å². The second kappa shape index (κ2) is 7.32. The van der Waals surface area contributed by atoms with Gasteiger partial charge in [0.25, 0.3) is 0 Å². The van der Waals surface area contributed by atoms with Crippen LogP contribution in [0.4, 0.5) is 0 Å². The number of benzene rings is 1. The monoisotopic (exact) mass is 393 g/mol. The van der Waals surface area contributed by atoms with Crippen LogP contribution >= 0.6 is 0 Å². The molecule has 1 aromatic heterocycles. The number of H-pyrrole nitrogens is 1. The first-order valence-corrected chi connectivity index (χ1v) is 11.3. The van der Waals surface area contributed by atoms with Crippen molar-refractivity contribution in [1.29, 1.82) is 0 Å². The van der Waals surface area contributed by atoms with Gasteiger partial charge in [0.15, 0.2) is 0 Å². The molecule has 4 heteroatoms. The van der Waals surface area contributed by atoms with Crippen molar-refractivity contribution in [2.24, 2.45) is 23.2 Å². The molecule has 0 radical (unpaired) electrons. The number of quaternary nitrogens is 1. The van der Waals surface area contributed by atoms with Gasteiger partial charge in [0.1, 0.15) is 12.0 Å². The second-order valence-electron chi connectivity index (χ2n) is 9.83. The zero-order valence-corrected chi connectivity index (χ0v) is 17.5. The molecule has 2 saturated carbocycles. The Hall–Kier alpha value is -2.07. The van der Waals surface area contributed by atoms with Crippen molar-refractivity contribution in [1.82, 2.24) is 4.98 Å². The minimum atomic E-state index is 0.0382. The highest BCUT2D eigenvalue weighted by atomic mass is 16.6. The van der Waals surface area contributed by atoms with Gasteiger partial charge in [0.05, 0.1) is 13.1 Å². The molecule has 3 N–H and O–H groups in total. The van der Waals surface area contributed by atoms with Gasteiger partial charge in [-0.05, 0) is 55.1 Å². The molecule has 1 aliphatic heterocycles. The van der Waals surface area contributed by atoms with Crippen LogP contribution in [0, 0.1) is 23.2 Å². The van der Waals surface area contributed by atoms with E-state index in [9.17, 15) is 4.79 Å². The van der Waals surface area contributed by atoms with E-state index >= 15 is 0 Å². The number of aromatic amines is 1. The molecule has 2 heterocycles. The van der Waals surface area contributed by atoms with Crippen molar-refractivity contribution in [3.63, 3.8) is 0 Å². The van der Waals surface area contributed by atoms with Crippen molar-refractivity contribution in [2.45, 2.75) is 51.6 Å². The van der Waals surface area contributed by atoms with Crippen molar-refractivity contribution in [3.05, 3.63) is 48.2 Å². The fraction of sp³-hybridized carbons (Fsp3) is 0.560. The van der Waals surface area contributed by atoms with Crippen LogP contribution in [0.5, 0.6) is 0 Å². The number of hydrogen-bond acceptors (Lipinski definition) is 2. The summed E-state index contributed by atoms with van der Waals surface area (Å²) in [6.45, 7) is 8.63. The fourth-order valence-electron chi connectivity index (χ4n) is 6.42. The number of para-hydroxylation sites is 1. The van der Waals surface area contributed by atoms with Crippen LogP contribution < -0.4 is 5.32 Å². The lowest BCUT2D eigenvalue weighted by Crippen LogP contribution is -2.86. The Kier molecular flexibility index (Phi) is 4.78. The van der Waals surface area contributed by atoms with Crippen molar-refractivity contribution in [2.75, 3.05) is 13.1 Å². The molecule has 29 heavy (non-hydrogen) atoms. The van der Waals surface area contributed by atoms with Crippen LogP contribution in [0.25, 0.3) is 10.9 Å². The van der Waals surface area contributed by atoms with Crippen LogP contribution in [0.2, 0.25) is 0 Å². The normalized spacial score (nSPS) is 34.1. The molecule has 154 valence electrons. The smallest absolute Gasteiger partial charge is 0.315 e. The van der Waals surface area contributed by atoms with Gasteiger partial charge >= 0.3 is 5.97 Å². The molecule has 3 aliphatic rings. The number of fused-ring (bicyclic) bond motifs is 3. The number of hydrogen-bond donors (Lipinski definition) is 2. The minimum Gasteiger partial charge on any atom is -0.462 e. The van der Waals surface area contributed by atoms with Gasteiger partial charge in [-0.3, -0.25) is 4.79 Å². The van der Waals surface area contributed by atoms with Crippen molar-refractivity contribution < 1.29 is 14.8 Å². The molecular weight excluding hydrogens is 360 g/mol. The predicted octanol–water partition coefficient (Wildman–Crippen LogP) is 3.59. The summed E-state index contributed by atoms with van der Waals surface area (Å²) in [6, 6.07) is 8.45. The summed E-state index contributed by atoms with van der Waals surface area (Å²) >= 11 is 0. The third-order valence-corrected chi connectivity index (χ3v) is 8.03. The Balaban J connectivity index is 1.20. The molecule has 0 spiro atoms. The Morgan fingerprint density at radius 3 is 3.10 bits per heavy atom. The van der Waals surface area contributed by atoms with E-state index in [4.69, 9.17) is 4.74 Å². The number of rotatable bonds is 5. The molecular formula is C25H33N2O2+. The molecule has 0 unspecified atom stereocenters. The molecule has 2 aromatic rings. The van der Waals surface area contributed by atoms with E-state index in [0.29, 0.717) is 11.8 Å². The summed E-state index contributed by atoms with van der Waals surface area (Å²) in [5, 5.41) is 3.63. The average Bonchev–Trinajstić information content (AvgIpc) is 3.24. The van der Waals surface area contributed by atoms with Gasteiger partial charge < -0.3 is 15.0 Å². The first-order chi connectivity index (χ1) is 14.0. The molecule has 5 rings (SSSR count). The lowest BCUT2D eigenvalue weighted by molar-refractivity contribution is -0.658. The Labute approximate surface area is 173 Å². The Morgan fingerprint density at radius 2 is 2.21 bits per heavy atom. The van der Waals surface area contributed by atoms with Gasteiger partial charge in [-0.25, -0.2) is 0 Å².